The van der Waals surface area contributed by atoms with E-state index in [0.717, 1.165) is 0 Å². The zero-order valence-corrected chi connectivity index (χ0v) is 10.2. The van der Waals surface area contributed by atoms with Gasteiger partial charge in [0.2, 0.25) is 0 Å². The fraction of sp³-hybridized carbons (Fsp3) is 0.900. The van der Waals surface area contributed by atoms with Crippen molar-refractivity contribution in [3.63, 3.8) is 0 Å². The van der Waals surface area contributed by atoms with Crippen LogP contribution in [0.25, 0.3) is 0 Å². The van der Waals surface area contributed by atoms with Crippen LogP contribution in [0.4, 0.5) is 17.6 Å². The van der Waals surface area contributed by atoms with Crippen LogP contribution in [0.2, 0.25) is 0 Å². The van der Waals surface area contributed by atoms with Gasteiger partial charge in [0, 0.05) is 25.0 Å². The molecule has 0 bridgehead atoms. The van der Waals surface area contributed by atoms with Crippen LogP contribution in [0.3, 0.4) is 0 Å². The molecule has 0 spiro atoms. The smallest absolute Gasteiger partial charge is 0.287 e. The highest BCUT2D eigenvalue weighted by molar-refractivity contribution is 8.13. The van der Waals surface area contributed by atoms with E-state index in [4.69, 9.17) is 0 Å². The summed E-state index contributed by atoms with van der Waals surface area (Å²) in [6.45, 7) is 3.03. The second-order valence-corrected chi connectivity index (χ2v) is 4.64. The molecule has 0 aromatic rings. The number of hydrogen-bond acceptors (Lipinski definition) is 2. The van der Waals surface area contributed by atoms with Gasteiger partial charge in [0.1, 0.15) is 0 Å². The van der Waals surface area contributed by atoms with Crippen LogP contribution in [0.15, 0.2) is 0 Å². The molecule has 0 saturated heterocycles. The molecule has 1 nitrogen and oxygen atoms in total. The third-order valence-electron chi connectivity index (χ3n) is 2.07. The lowest BCUT2D eigenvalue weighted by atomic mass is 10.0. The van der Waals surface area contributed by atoms with Gasteiger partial charge in [-0.1, -0.05) is 32.0 Å². The normalized spacial score (nSPS) is 12.9. The van der Waals surface area contributed by atoms with Crippen LogP contribution in [0, 0.1) is 0 Å². The Balaban J connectivity index is 4.18. The van der Waals surface area contributed by atoms with Gasteiger partial charge in [-0.3, -0.25) is 4.79 Å². The van der Waals surface area contributed by atoms with Gasteiger partial charge in [0.25, 0.3) is 0 Å². The highest BCUT2D eigenvalue weighted by Gasteiger charge is 2.54. The van der Waals surface area contributed by atoms with Gasteiger partial charge in [-0.05, 0) is 0 Å². The highest BCUT2D eigenvalue weighted by atomic mass is 32.2. The Bertz CT molecular complexity index is 231. The predicted octanol–water partition coefficient (Wildman–Crippen LogP) is 4.12. The minimum atomic E-state index is -4.02. The minimum absolute atomic E-state index is 0.00359. The molecule has 6 heteroatoms. The van der Waals surface area contributed by atoms with Gasteiger partial charge >= 0.3 is 11.8 Å². The SMILES string of the molecule is CCCC(F)(F)C(F)(F)CCSC(=O)CC. The lowest BCUT2D eigenvalue weighted by molar-refractivity contribution is -0.212. The van der Waals surface area contributed by atoms with Crippen LogP contribution in [0.5, 0.6) is 0 Å². The molecule has 0 radical (unpaired) electrons. The number of carbonyl (C=O) groups is 1. The highest BCUT2D eigenvalue weighted by Crippen LogP contribution is 2.40. The van der Waals surface area contributed by atoms with E-state index in [1.54, 1.807) is 6.92 Å². The van der Waals surface area contributed by atoms with Gasteiger partial charge in [0.15, 0.2) is 5.12 Å². The Hall–Kier alpha value is -0.260. The molecule has 0 aliphatic carbocycles. The van der Waals surface area contributed by atoms with Crippen LogP contribution in [0.1, 0.15) is 39.5 Å². The summed E-state index contributed by atoms with van der Waals surface area (Å²) >= 11 is 0.685. The number of carbonyl (C=O) groups excluding carboxylic acids is 1. The van der Waals surface area contributed by atoms with Crippen molar-refractivity contribution in [3.8, 4) is 0 Å². The van der Waals surface area contributed by atoms with E-state index in [1.807, 2.05) is 0 Å². The molecular formula is C10H16F4OS. The van der Waals surface area contributed by atoms with Gasteiger partial charge in [-0.15, -0.1) is 0 Å². The molecule has 16 heavy (non-hydrogen) atoms. The molecule has 96 valence electrons. The van der Waals surface area contributed by atoms with Gasteiger partial charge in [0.05, 0.1) is 0 Å². The molecule has 0 atom stereocenters. The van der Waals surface area contributed by atoms with Gasteiger partial charge < -0.3 is 0 Å². The maximum Gasteiger partial charge on any atom is 0.311 e. The first kappa shape index (κ1) is 15.7. The van der Waals surface area contributed by atoms with Crippen molar-refractivity contribution in [2.24, 2.45) is 0 Å². The summed E-state index contributed by atoms with van der Waals surface area (Å²) in [7, 11) is 0. The van der Waals surface area contributed by atoms with E-state index in [9.17, 15) is 22.4 Å². The average molecular weight is 260 g/mol. The quantitative estimate of drug-likeness (QED) is 0.640. The summed E-state index contributed by atoms with van der Waals surface area (Å²) in [6, 6.07) is 0. The topological polar surface area (TPSA) is 17.1 Å². The Morgan fingerprint density at radius 1 is 1.06 bits per heavy atom. The third-order valence-corrected chi connectivity index (χ3v) is 3.09. The van der Waals surface area contributed by atoms with Crippen molar-refractivity contribution in [3.05, 3.63) is 0 Å². The summed E-state index contributed by atoms with van der Waals surface area (Å²) < 4.78 is 52.1. The fourth-order valence-corrected chi connectivity index (χ4v) is 1.87. The van der Waals surface area contributed by atoms with Crippen LogP contribution in [-0.4, -0.2) is 22.7 Å². The second-order valence-electron chi connectivity index (χ2n) is 3.48. The van der Waals surface area contributed by atoms with Gasteiger partial charge in [-0.2, -0.15) is 17.6 Å². The van der Waals surface area contributed by atoms with Crippen molar-refractivity contribution < 1.29 is 22.4 Å². The fourth-order valence-electron chi connectivity index (χ4n) is 1.07. The average Bonchev–Trinajstić information content (AvgIpc) is 2.16. The molecule has 0 heterocycles. The largest absolute Gasteiger partial charge is 0.311 e. The first-order chi connectivity index (χ1) is 7.27. The van der Waals surface area contributed by atoms with E-state index in [2.05, 4.69) is 0 Å². The van der Waals surface area contributed by atoms with Gasteiger partial charge in [-0.25, -0.2) is 0 Å². The van der Waals surface area contributed by atoms with Crippen molar-refractivity contribution in [2.45, 2.75) is 51.4 Å². The van der Waals surface area contributed by atoms with Crippen molar-refractivity contribution >= 4 is 16.9 Å². The predicted molar refractivity (Wildman–Crippen MR) is 57.2 cm³/mol. The van der Waals surface area contributed by atoms with Crippen molar-refractivity contribution in [2.75, 3.05) is 5.75 Å². The zero-order chi connectivity index (χ0) is 12.8. The Morgan fingerprint density at radius 2 is 1.56 bits per heavy atom. The molecule has 0 rings (SSSR count). The molecule has 0 fully saturated rings. The summed E-state index contributed by atoms with van der Waals surface area (Å²) in [5, 5.41) is -0.255. The molecule has 0 aromatic heterocycles. The van der Waals surface area contributed by atoms with E-state index in [-0.39, 0.29) is 23.7 Å². The van der Waals surface area contributed by atoms with E-state index >= 15 is 0 Å². The maximum absolute atomic E-state index is 13.1. The third kappa shape index (κ3) is 4.72. The Kier molecular flexibility index (Phi) is 6.36. The maximum atomic E-state index is 13.1. The van der Waals surface area contributed by atoms with E-state index in [1.165, 1.54) is 6.92 Å². The van der Waals surface area contributed by atoms with E-state index in [0.29, 0.717) is 11.8 Å². The lowest BCUT2D eigenvalue weighted by Gasteiger charge is -2.25. The van der Waals surface area contributed by atoms with Crippen molar-refractivity contribution in [1.82, 2.24) is 0 Å². The van der Waals surface area contributed by atoms with Crippen molar-refractivity contribution in [1.29, 1.82) is 0 Å². The molecular weight excluding hydrogens is 244 g/mol. The summed E-state index contributed by atoms with van der Waals surface area (Å²) in [5.41, 5.74) is 0. The Morgan fingerprint density at radius 3 is 2.00 bits per heavy atom. The number of alkyl halides is 4. The monoisotopic (exact) mass is 260 g/mol. The number of rotatable bonds is 7. The molecule has 0 aromatic carbocycles. The molecule has 0 aliphatic rings. The number of hydrogen-bond donors (Lipinski definition) is 0. The molecule has 0 amide bonds. The molecule has 0 aliphatic heterocycles. The molecule has 0 N–H and O–H groups in total. The second kappa shape index (κ2) is 6.47. The summed E-state index contributed by atoms with van der Waals surface area (Å²) in [5.74, 6) is -8.26. The van der Waals surface area contributed by atoms with Crippen LogP contribution in [-0.2, 0) is 4.79 Å². The first-order valence-electron chi connectivity index (χ1n) is 5.18. The summed E-state index contributed by atoms with van der Waals surface area (Å²) in [4.78, 5) is 10.8. The van der Waals surface area contributed by atoms with E-state index < -0.39 is 24.7 Å². The minimum Gasteiger partial charge on any atom is -0.287 e. The number of thioether (sulfide) groups is 1. The standard InChI is InChI=1S/C10H16F4OS/c1-3-5-9(11,12)10(13,14)6-7-16-8(15)4-2/h3-7H2,1-2H3. The Labute approximate surface area is 97.0 Å². The van der Waals surface area contributed by atoms with Crippen LogP contribution < -0.4 is 0 Å². The first-order valence-corrected chi connectivity index (χ1v) is 6.16. The number of halogens is 4. The zero-order valence-electron chi connectivity index (χ0n) is 9.36. The molecule has 0 saturated carbocycles. The van der Waals surface area contributed by atoms with Crippen LogP contribution >= 0.6 is 11.8 Å². The molecule has 0 unspecified atom stereocenters. The lowest BCUT2D eigenvalue weighted by Crippen LogP contribution is -2.40. The summed E-state index contributed by atoms with van der Waals surface area (Å²) in [6.07, 6.45) is -1.56.